The van der Waals surface area contributed by atoms with Crippen molar-refractivity contribution in [1.82, 2.24) is 9.55 Å². The molecule has 2 aromatic heterocycles. The van der Waals surface area contributed by atoms with Crippen molar-refractivity contribution >= 4 is 39.8 Å². The number of rotatable bonds is 0. The average Bonchev–Trinajstić information content (AvgIpc) is 2.56. The molecule has 1 aliphatic rings. The Hall–Kier alpha value is -1.74. The van der Waals surface area contributed by atoms with Gasteiger partial charge in [0.25, 0.3) is 0 Å². The molecule has 0 saturated carbocycles. The molecular weight excluding hydrogens is 228 g/mol. The lowest BCUT2D eigenvalue weighted by atomic mass is 10.2. The van der Waals surface area contributed by atoms with Gasteiger partial charge in [0.1, 0.15) is 0 Å². The first-order valence-electron chi connectivity index (χ1n) is 5.61. The maximum absolute atomic E-state index is 4.24. The van der Waals surface area contributed by atoms with Gasteiger partial charge in [-0.1, -0.05) is 18.2 Å². The standard InChI is InChI=1S/C14H10N2S/c1-3-10-11-9-15-6-5-12(11)16-7-2-8-17-13(4-1)14(10)16/h1-7,9H,8H2. The monoisotopic (exact) mass is 238 g/mol. The van der Waals surface area contributed by atoms with E-state index in [9.17, 15) is 0 Å². The molecule has 0 fully saturated rings. The first kappa shape index (κ1) is 9.31. The van der Waals surface area contributed by atoms with E-state index >= 15 is 0 Å². The number of nitrogens with zero attached hydrogens (tertiary/aromatic N) is 2. The molecule has 1 aliphatic heterocycles. The minimum absolute atomic E-state index is 1.04. The van der Waals surface area contributed by atoms with Gasteiger partial charge in [-0.3, -0.25) is 4.98 Å². The fourth-order valence-corrected chi connectivity index (χ4v) is 3.35. The second-order valence-corrected chi connectivity index (χ2v) is 5.17. The minimum atomic E-state index is 1.04. The summed E-state index contributed by atoms with van der Waals surface area (Å²) in [5, 5.41) is 2.53. The molecule has 3 heterocycles. The number of para-hydroxylation sites is 1. The van der Waals surface area contributed by atoms with Gasteiger partial charge in [-0.15, -0.1) is 11.8 Å². The van der Waals surface area contributed by atoms with E-state index in [4.69, 9.17) is 0 Å². The van der Waals surface area contributed by atoms with Crippen molar-refractivity contribution in [3.63, 3.8) is 0 Å². The van der Waals surface area contributed by atoms with Gasteiger partial charge >= 0.3 is 0 Å². The van der Waals surface area contributed by atoms with E-state index < -0.39 is 0 Å². The molecule has 0 atom stereocenters. The third-order valence-corrected chi connectivity index (χ3v) is 4.18. The van der Waals surface area contributed by atoms with Crippen LogP contribution in [0.5, 0.6) is 0 Å². The van der Waals surface area contributed by atoms with Crippen LogP contribution in [0.2, 0.25) is 0 Å². The fraction of sp³-hybridized carbons (Fsp3) is 0.0714. The molecule has 0 radical (unpaired) electrons. The van der Waals surface area contributed by atoms with Crippen molar-refractivity contribution in [3.8, 4) is 0 Å². The number of thioether (sulfide) groups is 1. The predicted molar refractivity (Wildman–Crippen MR) is 73.3 cm³/mol. The van der Waals surface area contributed by atoms with E-state index in [-0.39, 0.29) is 0 Å². The number of aromatic nitrogens is 2. The molecule has 3 aromatic rings. The van der Waals surface area contributed by atoms with Crippen LogP contribution in [-0.2, 0) is 0 Å². The second-order valence-electron chi connectivity index (χ2n) is 4.11. The summed E-state index contributed by atoms with van der Waals surface area (Å²) in [5.74, 6) is 1.04. The molecule has 17 heavy (non-hydrogen) atoms. The van der Waals surface area contributed by atoms with Crippen LogP contribution in [0.3, 0.4) is 0 Å². The number of fused-ring (bicyclic) bond motifs is 3. The zero-order valence-electron chi connectivity index (χ0n) is 9.13. The zero-order valence-corrected chi connectivity index (χ0v) is 9.95. The van der Waals surface area contributed by atoms with Crippen LogP contribution in [0.15, 0.2) is 47.6 Å². The Morgan fingerprint density at radius 3 is 3.18 bits per heavy atom. The van der Waals surface area contributed by atoms with E-state index in [1.54, 1.807) is 0 Å². The molecule has 2 nitrogen and oxygen atoms in total. The number of hydrogen-bond acceptors (Lipinski definition) is 2. The molecule has 0 N–H and O–H groups in total. The van der Waals surface area contributed by atoms with Gasteiger partial charge in [-0.25, -0.2) is 0 Å². The van der Waals surface area contributed by atoms with Crippen LogP contribution in [0.4, 0.5) is 0 Å². The van der Waals surface area contributed by atoms with Gasteiger partial charge in [0.2, 0.25) is 0 Å². The van der Waals surface area contributed by atoms with Crippen LogP contribution in [-0.4, -0.2) is 15.3 Å². The molecular formula is C14H10N2S. The van der Waals surface area contributed by atoms with Gasteiger partial charge in [0, 0.05) is 40.0 Å². The highest BCUT2D eigenvalue weighted by Gasteiger charge is 2.13. The smallest absolute Gasteiger partial charge is 0.0671 e. The molecule has 0 bridgehead atoms. The summed E-state index contributed by atoms with van der Waals surface area (Å²) in [5.41, 5.74) is 2.55. The Labute approximate surface area is 103 Å². The fourth-order valence-electron chi connectivity index (χ4n) is 2.47. The van der Waals surface area contributed by atoms with Gasteiger partial charge in [0.05, 0.1) is 11.0 Å². The van der Waals surface area contributed by atoms with Crippen LogP contribution < -0.4 is 0 Å². The van der Waals surface area contributed by atoms with Crippen LogP contribution >= 0.6 is 11.8 Å². The summed E-state index contributed by atoms with van der Waals surface area (Å²) in [6, 6.07) is 8.59. The molecule has 4 rings (SSSR count). The Morgan fingerprint density at radius 2 is 2.18 bits per heavy atom. The Bertz CT molecular complexity index is 755. The Kier molecular flexibility index (Phi) is 1.85. The number of pyridine rings is 1. The topological polar surface area (TPSA) is 17.8 Å². The summed E-state index contributed by atoms with van der Waals surface area (Å²) in [6.07, 6.45) is 8.20. The summed E-state index contributed by atoms with van der Waals surface area (Å²) in [6.45, 7) is 0. The first-order valence-corrected chi connectivity index (χ1v) is 6.60. The van der Waals surface area contributed by atoms with E-state index in [1.807, 2.05) is 24.2 Å². The highest BCUT2D eigenvalue weighted by atomic mass is 32.2. The SMILES string of the molecule is C1=Cn2c3ccncc3c3cccc(c32)SC1. The quantitative estimate of drug-likeness (QED) is 0.593. The molecule has 0 unspecified atom stereocenters. The third kappa shape index (κ3) is 1.20. The molecule has 0 spiro atoms. The lowest BCUT2D eigenvalue weighted by molar-refractivity contribution is 1.25. The maximum Gasteiger partial charge on any atom is 0.0671 e. The molecule has 0 amide bonds. The van der Waals surface area contributed by atoms with Crippen LogP contribution in [0.1, 0.15) is 0 Å². The van der Waals surface area contributed by atoms with Crippen molar-refractivity contribution in [1.29, 1.82) is 0 Å². The van der Waals surface area contributed by atoms with E-state index in [2.05, 4.69) is 46.1 Å². The second kappa shape index (κ2) is 3.37. The third-order valence-electron chi connectivity index (χ3n) is 3.18. The molecule has 0 saturated heterocycles. The Balaban J connectivity index is 2.35. The Morgan fingerprint density at radius 1 is 1.18 bits per heavy atom. The van der Waals surface area contributed by atoms with E-state index in [1.165, 1.54) is 26.7 Å². The first-order chi connectivity index (χ1) is 8.45. The van der Waals surface area contributed by atoms with Gasteiger partial charge < -0.3 is 4.57 Å². The van der Waals surface area contributed by atoms with Gasteiger partial charge in [-0.05, 0) is 12.1 Å². The van der Waals surface area contributed by atoms with Crippen molar-refractivity contribution in [2.75, 3.05) is 5.75 Å². The van der Waals surface area contributed by atoms with Gasteiger partial charge in [0.15, 0.2) is 0 Å². The lowest BCUT2D eigenvalue weighted by Crippen LogP contribution is -1.85. The van der Waals surface area contributed by atoms with Crippen molar-refractivity contribution in [2.24, 2.45) is 0 Å². The zero-order chi connectivity index (χ0) is 11.2. The number of hydrogen-bond donors (Lipinski definition) is 0. The van der Waals surface area contributed by atoms with Gasteiger partial charge in [-0.2, -0.15) is 0 Å². The normalized spacial score (nSPS) is 14.4. The molecule has 1 aromatic carbocycles. The average molecular weight is 238 g/mol. The molecule has 3 heteroatoms. The summed E-state index contributed by atoms with van der Waals surface area (Å²) < 4.78 is 2.28. The predicted octanol–water partition coefficient (Wildman–Crippen LogP) is 3.77. The highest BCUT2D eigenvalue weighted by molar-refractivity contribution is 7.99. The van der Waals surface area contributed by atoms with E-state index in [0.717, 1.165) is 5.75 Å². The minimum Gasteiger partial charge on any atom is -0.315 e. The summed E-state index contributed by atoms with van der Waals surface area (Å²) in [4.78, 5) is 5.59. The van der Waals surface area contributed by atoms with Crippen LogP contribution in [0.25, 0.3) is 28.0 Å². The number of benzene rings is 1. The van der Waals surface area contributed by atoms with E-state index in [0.29, 0.717) is 0 Å². The van der Waals surface area contributed by atoms with Crippen molar-refractivity contribution < 1.29 is 0 Å². The molecule has 0 aliphatic carbocycles. The summed E-state index contributed by atoms with van der Waals surface area (Å²) in [7, 11) is 0. The van der Waals surface area contributed by atoms with Crippen molar-refractivity contribution in [2.45, 2.75) is 4.90 Å². The highest BCUT2D eigenvalue weighted by Crippen LogP contribution is 2.36. The summed E-state index contributed by atoms with van der Waals surface area (Å²) >= 11 is 1.89. The maximum atomic E-state index is 4.24. The lowest BCUT2D eigenvalue weighted by Gasteiger charge is -2.01. The largest absolute Gasteiger partial charge is 0.315 e. The molecule has 82 valence electrons. The van der Waals surface area contributed by atoms with Crippen molar-refractivity contribution in [3.05, 3.63) is 42.7 Å². The van der Waals surface area contributed by atoms with Crippen LogP contribution in [0, 0.1) is 0 Å².